The number of benzene rings is 8. The van der Waals surface area contributed by atoms with Crippen LogP contribution in [0.3, 0.4) is 0 Å². The smallest absolute Gasteiger partial charge is 0.137 e. The van der Waals surface area contributed by atoms with Gasteiger partial charge >= 0.3 is 0 Å². The van der Waals surface area contributed by atoms with E-state index in [2.05, 4.69) is 203 Å². The molecule has 0 spiro atoms. The largest absolute Gasteiger partial charge is 0.456 e. The number of rotatable bonds is 5. The predicted molar refractivity (Wildman–Crippen MR) is 237 cm³/mol. The Labute approximate surface area is 332 Å². The Hall–Kier alpha value is -6.54. The van der Waals surface area contributed by atoms with Gasteiger partial charge in [-0.1, -0.05) is 146 Å². The third-order valence-electron chi connectivity index (χ3n) is 11.7. The fourth-order valence-electron chi connectivity index (χ4n) is 9.14. The van der Waals surface area contributed by atoms with Gasteiger partial charge in [0.05, 0.1) is 40.6 Å². The van der Waals surface area contributed by atoms with Crippen LogP contribution in [0.1, 0.15) is 35.2 Å². The molecule has 3 aromatic heterocycles. The Morgan fingerprint density at radius 2 is 1.02 bits per heavy atom. The molecule has 6 heteroatoms. The van der Waals surface area contributed by atoms with E-state index in [-0.39, 0.29) is 18.5 Å². The van der Waals surface area contributed by atoms with Crippen LogP contribution in [0.4, 0.5) is 0 Å². The summed E-state index contributed by atoms with van der Waals surface area (Å²) >= 11 is 1.88. The van der Waals surface area contributed by atoms with Gasteiger partial charge in [0.25, 0.3) is 0 Å². The summed E-state index contributed by atoms with van der Waals surface area (Å²) < 4.78 is 11.5. The number of furan rings is 1. The molecule has 1 saturated heterocycles. The summed E-state index contributed by atoms with van der Waals surface area (Å²) in [6.07, 6.45) is -0.159. The van der Waals surface area contributed by atoms with Crippen LogP contribution < -0.4 is 16.0 Å². The van der Waals surface area contributed by atoms with Crippen LogP contribution in [0.25, 0.3) is 80.7 Å². The van der Waals surface area contributed by atoms with Gasteiger partial charge < -0.3 is 8.98 Å². The molecule has 0 aliphatic carbocycles. The zero-order chi connectivity index (χ0) is 37.5. The Morgan fingerprint density at radius 1 is 0.439 bits per heavy atom. The van der Waals surface area contributed by atoms with Gasteiger partial charge in [0.2, 0.25) is 0 Å². The van der Waals surface area contributed by atoms with Crippen molar-refractivity contribution in [2.45, 2.75) is 18.5 Å². The molecule has 2 atom stereocenters. The molecule has 0 bridgehead atoms. The fourth-order valence-corrected chi connectivity index (χ4v) is 10.5. The van der Waals surface area contributed by atoms with Crippen molar-refractivity contribution in [1.29, 1.82) is 0 Å². The molecule has 1 aliphatic heterocycles. The van der Waals surface area contributed by atoms with Gasteiger partial charge in [-0.25, -0.2) is 0 Å². The Morgan fingerprint density at radius 3 is 1.72 bits per heavy atom. The Bertz CT molecular complexity index is 3210. The van der Waals surface area contributed by atoms with Crippen molar-refractivity contribution < 1.29 is 4.42 Å². The van der Waals surface area contributed by atoms with Gasteiger partial charge in [-0.15, -0.1) is 11.3 Å². The second-order valence-electron chi connectivity index (χ2n) is 15.0. The predicted octanol–water partition coefficient (Wildman–Crippen LogP) is 12.9. The number of nitrogens with one attached hydrogen (secondary N) is 3. The van der Waals surface area contributed by atoms with Crippen molar-refractivity contribution in [3.05, 3.63) is 199 Å². The topological polar surface area (TPSA) is 54.2 Å². The minimum Gasteiger partial charge on any atom is -0.456 e. The minimum atomic E-state index is -0.0882. The summed E-state index contributed by atoms with van der Waals surface area (Å²) in [6.45, 7) is 0. The van der Waals surface area contributed by atoms with Crippen molar-refractivity contribution >= 4 is 75.3 Å². The quantitative estimate of drug-likeness (QED) is 0.164. The zero-order valence-corrected chi connectivity index (χ0v) is 31.6. The van der Waals surface area contributed by atoms with E-state index in [0.29, 0.717) is 0 Å². The highest BCUT2D eigenvalue weighted by atomic mass is 32.1. The van der Waals surface area contributed by atoms with Crippen molar-refractivity contribution in [3.63, 3.8) is 0 Å². The lowest BCUT2D eigenvalue weighted by Crippen LogP contribution is -2.54. The van der Waals surface area contributed by atoms with Crippen molar-refractivity contribution in [1.82, 2.24) is 20.5 Å². The van der Waals surface area contributed by atoms with E-state index in [1.165, 1.54) is 69.8 Å². The molecule has 11 aromatic rings. The van der Waals surface area contributed by atoms with Crippen LogP contribution in [0.15, 0.2) is 186 Å². The molecule has 2 unspecified atom stereocenters. The molecular formula is C51H36N4OS. The molecule has 5 nitrogen and oxygen atoms in total. The first-order chi connectivity index (χ1) is 28.3. The average molecular weight is 753 g/mol. The van der Waals surface area contributed by atoms with Crippen LogP contribution in [0, 0.1) is 0 Å². The lowest BCUT2D eigenvalue weighted by molar-refractivity contribution is 0.204. The summed E-state index contributed by atoms with van der Waals surface area (Å²) in [5.74, 6) is 0. The molecule has 1 fully saturated rings. The van der Waals surface area contributed by atoms with E-state index in [9.17, 15) is 0 Å². The van der Waals surface area contributed by atoms with E-state index in [1.807, 2.05) is 11.3 Å². The van der Waals surface area contributed by atoms with E-state index in [0.717, 1.165) is 27.6 Å². The molecule has 57 heavy (non-hydrogen) atoms. The average Bonchev–Trinajstić information content (AvgIpc) is 3.96. The first kappa shape index (κ1) is 32.7. The Kier molecular flexibility index (Phi) is 7.46. The highest BCUT2D eigenvalue weighted by molar-refractivity contribution is 7.26. The first-order valence-corrected chi connectivity index (χ1v) is 20.3. The normalized spacial score (nSPS) is 17.4. The molecular weight excluding hydrogens is 717 g/mol. The summed E-state index contributed by atoms with van der Waals surface area (Å²) in [7, 11) is 0. The van der Waals surface area contributed by atoms with Crippen molar-refractivity contribution in [2.75, 3.05) is 0 Å². The molecule has 0 radical (unpaired) electrons. The first-order valence-electron chi connectivity index (χ1n) is 19.5. The van der Waals surface area contributed by atoms with E-state index in [1.54, 1.807) is 0 Å². The van der Waals surface area contributed by atoms with Gasteiger partial charge in [0, 0.05) is 41.9 Å². The standard InChI is InChI=1S/C51H36N4OS/c1-3-14-31(15-4-1)49-52-50(32-16-5-2-6-17-32)54-51(53-49)39-23-12-22-38-37-21-11-20-34(47(37)57-48(38)39)33-28-29-44-40(30-33)46-43(26-13-27-45(46)56-44)55-41-24-9-7-18-35(41)36-19-8-10-25-42(36)55/h1-30,49-54H. The molecule has 12 rings (SSSR count). The van der Waals surface area contributed by atoms with Gasteiger partial charge in [-0.3, -0.25) is 16.0 Å². The monoisotopic (exact) mass is 752 g/mol. The summed E-state index contributed by atoms with van der Waals surface area (Å²) in [5, 5.41) is 18.9. The summed E-state index contributed by atoms with van der Waals surface area (Å²) in [5.41, 5.74) is 11.3. The zero-order valence-electron chi connectivity index (χ0n) is 30.8. The Balaban J connectivity index is 1.01. The molecule has 4 heterocycles. The van der Waals surface area contributed by atoms with Crippen molar-refractivity contribution in [2.24, 2.45) is 0 Å². The summed E-state index contributed by atoms with van der Waals surface area (Å²) in [6, 6.07) is 65.3. The maximum absolute atomic E-state index is 6.58. The molecule has 0 saturated carbocycles. The highest BCUT2D eigenvalue weighted by Gasteiger charge is 2.31. The highest BCUT2D eigenvalue weighted by Crippen LogP contribution is 2.45. The molecule has 0 amide bonds. The molecule has 1 aliphatic rings. The van der Waals surface area contributed by atoms with Crippen LogP contribution >= 0.6 is 11.3 Å². The van der Waals surface area contributed by atoms with E-state index in [4.69, 9.17) is 4.42 Å². The molecule has 272 valence electrons. The van der Waals surface area contributed by atoms with Crippen LogP contribution in [-0.2, 0) is 0 Å². The molecule has 3 N–H and O–H groups in total. The number of aromatic nitrogens is 1. The molecule has 8 aromatic carbocycles. The second-order valence-corrected chi connectivity index (χ2v) is 16.0. The third kappa shape index (κ3) is 5.19. The number of para-hydroxylation sites is 2. The van der Waals surface area contributed by atoms with Crippen molar-refractivity contribution in [3.8, 4) is 16.8 Å². The SMILES string of the molecule is c1ccc(C2NC(c3ccccc3)NC(c3cccc4c3sc3c(-c5ccc6oc7cccc(-n8c9ccccc9c9ccccc98)c7c6c5)cccc34)N2)cc1. The lowest BCUT2D eigenvalue weighted by atomic mass is 9.99. The maximum atomic E-state index is 6.58. The van der Waals surface area contributed by atoms with Crippen LogP contribution in [0.5, 0.6) is 0 Å². The van der Waals surface area contributed by atoms with Gasteiger partial charge in [-0.05, 0) is 58.7 Å². The van der Waals surface area contributed by atoms with Gasteiger partial charge in [0.1, 0.15) is 11.2 Å². The lowest BCUT2D eigenvalue weighted by Gasteiger charge is -2.39. The second kappa shape index (κ2) is 13.0. The van der Waals surface area contributed by atoms with Gasteiger partial charge in [0.15, 0.2) is 0 Å². The number of thiophene rings is 1. The van der Waals surface area contributed by atoms with E-state index < -0.39 is 0 Å². The number of fused-ring (bicyclic) bond motifs is 9. The van der Waals surface area contributed by atoms with Gasteiger partial charge in [-0.2, -0.15) is 0 Å². The van der Waals surface area contributed by atoms with Crippen LogP contribution in [-0.4, -0.2) is 4.57 Å². The van der Waals surface area contributed by atoms with Crippen LogP contribution in [0.2, 0.25) is 0 Å². The maximum Gasteiger partial charge on any atom is 0.137 e. The third-order valence-corrected chi connectivity index (χ3v) is 13.0. The number of hydrogen-bond acceptors (Lipinski definition) is 5. The number of hydrogen-bond donors (Lipinski definition) is 3. The van der Waals surface area contributed by atoms with E-state index >= 15 is 0 Å². The number of nitrogens with zero attached hydrogens (tertiary/aromatic N) is 1. The fraction of sp³-hybridized carbons (Fsp3) is 0.0588. The minimum absolute atomic E-state index is 0.0354. The summed E-state index contributed by atoms with van der Waals surface area (Å²) in [4.78, 5) is 0.